The lowest BCUT2D eigenvalue weighted by atomic mass is 9.95. The fourth-order valence-corrected chi connectivity index (χ4v) is 2.08. The van der Waals surface area contributed by atoms with E-state index in [2.05, 4.69) is 15.9 Å². The maximum Gasteiger partial charge on any atom is 0.403 e. The average molecular weight is 351 g/mol. The van der Waals surface area contributed by atoms with E-state index in [-0.39, 0.29) is 5.56 Å². The van der Waals surface area contributed by atoms with Gasteiger partial charge in [0.2, 0.25) is 0 Å². The minimum Gasteiger partial charge on any atom is -0.392 e. The molecule has 1 nitrogen and oxygen atoms in total. The van der Waals surface area contributed by atoms with Crippen LogP contribution in [0.3, 0.4) is 0 Å². The van der Waals surface area contributed by atoms with Crippen LogP contribution >= 0.6 is 15.9 Å². The predicted octanol–water partition coefficient (Wildman–Crippen LogP) is 4.09. The summed E-state index contributed by atoms with van der Waals surface area (Å²) in [5.41, 5.74) is 0.175. The fourth-order valence-electron chi connectivity index (χ4n) is 1.63. The second-order valence-electron chi connectivity index (χ2n) is 3.92. The number of aliphatic hydroxyl groups excluding tert-OH is 1. The van der Waals surface area contributed by atoms with Crippen molar-refractivity contribution < 1.29 is 31.4 Å². The first-order chi connectivity index (χ1) is 8.53. The van der Waals surface area contributed by atoms with Crippen molar-refractivity contribution in [1.29, 1.82) is 0 Å². The summed E-state index contributed by atoms with van der Waals surface area (Å²) in [5, 5.41) is 9.30. The minimum absolute atomic E-state index is 0.175. The molecule has 1 N–H and O–H groups in total. The number of aliphatic hydroxyl groups is 1. The molecule has 0 aliphatic heterocycles. The first-order valence-electron chi connectivity index (χ1n) is 5.08. The normalized spacial score (nSPS) is 14.8. The van der Waals surface area contributed by atoms with Crippen LogP contribution in [0, 0.1) is 5.92 Å². The quantitative estimate of drug-likeness (QED) is 0.814. The maximum atomic E-state index is 12.4. The minimum atomic E-state index is -5.54. The summed E-state index contributed by atoms with van der Waals surface area (Å²) in [4.78, 5) is 0. The zero-order valence-corrected chi connectivity index (χ0v) is 10.9. The molecule has 0 bridgehead atoms. The molecule has 108 valence electrons. The summed E-state index contributed by atoms with van der Waals surface area (Å²) in [6.45, 7) is 0. The van der Waals surface area contributed by atoms with Crippen molar-refractivity contribution in [3.8, 4) is 0 Å². The molecule has 0 radical (unpaired) electrons. The average Bonchev–Trinajstić information content (AvgIpc) is 2.16. The van der Waals surface area contributed by atoms with E-state index >= 15 is 0 Å². The Hall–Kier alpha value is -0.760. The van der Waals surface area contributed by atoms with Gasteiger partial charge in [-0.2, -0.15) is 26.3 Å². The summed E-state index contributed by atoms with van der Waals surface area (Å²) in [5.74, 6) is -3.76. The van der Waals surface area contributed by atoms with Gasteiger partial charge in [0.05, 0.1) is 6.10 Å². The van der Waals surface area contributed by atoms with Gasteiger partial charge in [0.15, 0.2) is 5.92 Å². The highest BCUT2D eigenvalue weighted by molar-refractivity contribution is 9.10. The largest absolute Gasteiger partial charge is 0.403 e. The van der Waals surface area contributed by atoms with E-state index < -0.39 is 30.8 Å². The van der Waals surface area contributed by atoms with Crippen molar-refractivity contribution in [1.82, 2.24) is 0 Å². The highest BCUT2D eigenvalue weighted by atomic mass is 79.9. The Morgan fingerprint density at radius 1 is 1.00 bits per heavy atom. The Morgan fingerprint density at radius 3 is 1.89 bits per heavy atom. The highest BCUT2D eigenvalue weighted by Crippen LogP contribution is 2.42. The van der Waals surface area contributed by atoms with E-state index in [0.717, 1.165) is 0 Å². The molecule has 0 saturated carbocycles. The first kappa shape index (κ1) is 16.3. The van der Waals surface area contributed by atoms with Gasteiger partial charge in [0.25, 0.3) is 0 Å². The maximum absolute atomic E-state index is 12.4. The summed E-state index contributed by atoms with van der Waals surface area (Å²) in [6.07, 6.45) is -14.4. The van der Waals surface area contributed by atoms with Crippen LogP contribution in [0.1, 0.15) is 5.56 Å². The molecular weight excluding hydrogens is 342 g/mol. The van der Waals surface area contributed by atoms with Crippen LogP contribution < -0.4 is 0 Å². The first-order valence-corrected chi connectivity index (χ1v) is 5.87. The SMILES string of the molecule is OC(Cc1ccccc1Br)C(C(F)(F)F)C(F)(F)F. The van der Waals surface area contributed by atoms with Crippen molar-refractivity contribution in [3.63, 3.8) is 0 Å². The molecule has 0 saturated heterocycles. The summed E-state index contributed by atoms with van der Waals surface area (Å²) in [7, 11) is 0. The molecule has 1 rings (SSSR count). The third-order valence-electron chi connectivity index (χ3n) is 2.48. The Kier molecular flexibility index (Phi) is 4.89. The zero-order chi connectivity index (χ0) is 14.8. The van der Waals surface area contributed by atoms with Gasteiger partial charge in [-0.3, -0.25) is 0 Å². The number of hydrogen-bond donors (Lipinski definition) is 1. The van der Waals surface area contributed by atoms with Gasteiger partial charge in [0.1, 0.15) is 0 Å². The molecule has 0 aliphatic carbocycles. The molecule has 1 unspecified atom stereocenters. The zero-order valence-electron chi connectivity index (χ0n) is 9.26. The lowest BCUT2D eigenvalue weighted by Crippen LogP contribution is -2.45. The molecule has 0 fully saturated rings. The molecule has 1 aromatic rings. The molecule has 8 heteroatoms. The van der Waals surface area contributed by atoms with Gasteiger partial charge in [-0.1, -0.05) is 34.1 Å². The molecule has 0 aromatic heterocycles. The number of benzene rings is 1. The van der Waals surface area contributed by atoms with Gasteiger partial charge in [-0.25, -0.2) is 0 Å². The Labute approximate surface area is 113 Å². The third-order valence-corrected chi connectivity index (χ3v) is 3.25. The van der Waals surface area contributed by atoms with Crippen LogP contribution in [0.4, 0.5) is 26.3 Å². The van der Waals surface area contributed by atoms with Gasteiger partial charge < -0.3 is 5.11 Å². The van der Waals surface area contributed by atoms with Crippen LogP contribution in [0.15, 0.2) is 28.7 Å². The second kappa shape index (κ2) is 5.70. The lowest BCUT2D eigenvalue weighted by Gasteiger charge is -2.27. The van der Waals surface area contributed by atoms with Crippen LogP contribution in [0.2, 0.25) is 0 Å². The van der Waals surface area contributed by atoms with Crippen LogP contribution in [0.5, 0.6) is 0 Å². The van der Waals surface area contributed by atoms with Crippen molar-refractivity contribution in [3.05, 3.63) is 34.3 Å². The van der Waals surface area contributed by atoms with E-state index in [0.29, 0.717) is 4.47 Å². The van der Waals surface area contributed by atoms with E-state index in [1.54, 1.807) is 6.07 Å². The molecule has 19 heavy (non-hydrogen) atoms. The van der Waals surface area contributed by atoms with Crippen LogP contribution in [-0.4, -0.2) is 23.6 Å². The monoisotopic (exact) mass is 350 g/mol. The number of hydrogen-bond acceptors (Lipinski definition) is 1. The third kappa shape index (κ3) is 4.38. The molecular formula is C11H9BrF6O. The number of alkyl halides is 6. The molecule has 1 aromatic carbocycles. The molecule has 0 spiro atoms. The van der Waals surface area contributed by atoms with Crippen LogP contribution in [-0.2, 0) is 6.42 Å². The van der Waals surface area contributed by atoms with Gasteiger partial charge in [0, 0.05) is 10.9 Å². The second-order valence-corrected chi connectivity index (χ2v) is 4.78. The van der Waals surface area contributed by atoms with Crippen LogP contribution in [0.25, 0.3) is 0 Å². The van der Waals surface area contributed by atoms with E-state index in [9.17, 15) is 31.4 Å². The van der Waals surface area contributed by atoms with Gasteiger partial charge >= 0.3 is 12.4 Å². The highest BCUT2D eigenvalue weighted by Gasteiger charge is 2.59. The van der Waals surface area contributed by atoms with Gasteiger partial charge in [-0.15, -0.1) is 0 Å². The molecule has 0 aliphatic rings. The Morgan fingerprint density at radius 2 is 1.47 bits per heavy atom. The molecule has 0 heterocycles. The summed E-state index contributed by atoms with van der Waals surface area (Å²) in [6, 6.07) is 5.84. The summed E-state index contributed by atoms with van der Waals surface area (Å²) >= 11 is 3.00. The number of halogens is 7. The van der Waals surface area contributed by atoms with Crippen molar-refractivity contribution in [2.24, 2.45) is 5.92 Å². The molecule has 0 amide bonds. The summed E-state index contributed by atoms with van der Waals surface area (Å²) < 4.78 is 74.6. The van der Waals surface area contributed by atoms with Crippen molar-refractivity contribution in [2.75, 3.05) is 0 Å². The predicted molar refractivity (Wildman–Crippen MR) is 59.5 cm³/mol. The van der Waals surface area contributed by atoms with Crippen molar-refractivity contribution in [2.45, 2.75) is 24.9 Å². The van der Waals surface area contributed by atoms with Crippen molar-refractivity contribution >= 4 is 15.9 Å². The van der Waals surface area contributed by atoms with E-state index in [1.807, 2.05) is 0 Å². The smallest absolute Gasteiger partial charge is 0.392 e. The fraction of sp³-hybridized carbons (Fsp3) is 0.455. The number of rotatable bonds is 3. The Balaban J connectivity index is 2.97. The Bertz CT molecular complexity index is 414. The van der Waals surface area contributed by atoms with E-state index in [1.165, 1.54) is 18.2 Å². The standard InChI is InChI=1S/C11H9BrF6O/c12-7-4-2-1-3-6(7)5-8(19)9(10(13,14)15)11(16,17)18/h1-4,8-9,19H,5H2. The topological polar surface area (TPSA) is 20.2 Å². The van der Waals surface area contributed by atoms with E-state index in [4.69, 9.17) is 0 Å². The lowest BCUT2D eigenvalue weighted by molar-refractivity contribution is -0.305. The van der Waals surface area contributed by atoms with Gasteiger partial charge in [-0.05, 0) is 11.6 Å². The molecule has 1 atom stereocenters.